The topological polar surface area (TPSA) is 49.4 Å². The van der Waals surface area contributed by atoms with E-state index in [4.69, 9.17) is 0 Å². The molecule has 29 heavy (non-hydrogen) atoms. The van der Waals surface area contributed by atoms with Gasteiger partial charge >= 0.3 is 5.51 Å². The largest absolute Gasteiger partial charge is 0.446 e. The number of piperidine rings is 1. The van der Waals surface area contributed by atoms with Gasteiger partial charge in [-0.1, -0.05) is 0 Å². The van der Waals surface area contributed by atoms with Gasteiger partial charge in [-0.05, 0) is 73.1 Å². The number of carbonyl (C=O) groups excluding carboxylic acids is 2. The van der Waals surface area contributed by atoms with Crippen LogP contribution in [0.5, 0.6) is 0 Å². The van der Waals surface area contributed by atoms with Crippen molar-refractivity contribution in [3.8, 4) is 0 Å². The molecule has 2 aromatic rings. The fourth-order valence-electron chi connectivity index (χ4n) is 3.08. The Labute approximate surface area is 169 Å². The highest BCUT2D eigenvalue weighted by Gasteiger charge is 2.29. The van der Waals surface area contributed by atoms with E-state index in [0.29, 0.717) is 37.1 Å². The second-order valence-electron chi connectivity index (χ2n) is 6.62. The maximum absolute atomic E-state index is 12.9. The highest BCUT2D eigenvalue weighted by molar-refractivity contribution is 8.00. The normalized spacial score (nSPS) is 15.2. The van der Waals surface area contributed by atoms with E-state index < -0.39 is 11.3 Å². The lowest BCUT2D eigenvalue weighted by Gasteiger charge is -2.32. The van der Waals surface area contributed by atoms with Crippen LogP contribution in [0.2, 0.25) is 0 Å². The zero-order chi connectivity index (χ0) is 21.0. The van der Waals surface area contributed by atoms with E-state index in [2.05, 4.69) is 5.32 Å². The molecule has 0 aromatic heterocycles. The molecule has 1 heterocycles. The minimum atomic E-state index is -4.37. The standard InChI is InChI=1S/C20H18F4N2O2S/c21-15-5-1-13(2-6-15)18(27)25-16-9-11-26(12-10-16)19(28)14-3-7-17(8-4-14)29-20(22,23)24/h1-8,16H,9-12H2,(H,25,27). The van der Waals surface area contributed by atoms with E-state index in [0.717, 1.165) is 0 Å². The average molecular weight is 426 g/mol. The molecule has 0 atom stereocenters. The summed E-state index contributed by atoms with van der Waals surface area (Å²) >= 11 is -0.224. The number of carbonyl (C=O) groups is 2. The molecule has 2 aromatic carbocycles. The number of thioether (sulfide) groups is 1. The molecule has 1 fully saturated rings. The molecule has 0 unspecified atom stereocenters. The fraction of sp³-hybridized carbons (Fsp3) is 0.300. The van der Waals surface area contributed by atoms with Gasteiger partial charge in [-0.25, -0.2) is 4.39 Å². The molecule has 3 rings (SSSR count). The quantitative estimate of drug-likeness (QED) is 0.580. The molecule has 1 aliphatic rings. The molecule has 1 saturated heterocycles. The lowest BCUT2D eigenvalue weighted by molar-refractivity contribution is -0.0328. The molecule has 154 valence electrons. The Morgan fingerprint density at radius 3 is 2.03 bits per heavy atom. The van der Waals surface area contributed by atoms with Crippen LogP contribution in [-0.4, -0.2) is 41.4 Å². The van der Waals surface area contributed by atoms with Crippen molar-refractivity contribution < 1.29 is 27.2 Å². The summed E-state index contributed by atoms with van der Waals surface area (Å²) in [7, 11) is 0. The van der Waals surface area contributed by atoms with Gasteiger partial charge in [-0.3, -0.25) is 9.59 Å². The Hall–Kier alpha value is -2.55. The number of amides is 2. The highest BCUT2D eigenvalue weighted by atomic mass is 32.2. The Balaban J connectivity index is 1.51. The van der Waals surface area contributed by atoms with Crippen molar-refractivity contribution in [2.45, 2.75) is 29.3 Å². The summed E-state index contributed by atoms with van der Waals surface area (Å²) in [6.45, 7) is 0.846. The van der Waals surface area contributed by atoms with Crippen molar-refractivity contribution >= 4 is 23.6 Å². The Morgan fingerprint density at radius 2 is 1.48 bits per heavy atom. The molecule has 0 radical (unpaired) electrons. The van der Waals surface area contributed by atoms with Crippen molar-refractivity contribution in [3.05, 3.63) is 65.5 Å². The fourth-order valence-corrected chi connectivity index (χ4v) is 3.62. The Morgan fingerprint density at radius 1 is 0.931 bits per heavy atom. The maximum atomic E-state index is 12.9. The second kappa shape index (κ2) is 8.86. The number of rotatable bonds is 4. The van der Waals surface area contributed by atoms with Gasteiger partial charge in [-0.2, -0.15) is 13.2 Å². The first-order valence-corrected chi connectivity index (χ1v) is 9.74. The number of alkyl halides is 3. The Bertz CT molecular complexity index is 862. The van der Waals surface area contributed by atoms with Crippen LogP contribution < -0.4 is 5.32 Å². The summed E-state index contributed by atoms with van der Waals surface area (Å²) < 4.78 is 50.1. The number of benzene rings is 2. The lowest BCUT2D eigenvalue weighted by atomic mass is 10.0. The van der Waals surface area contributed by atoms with Crippen LogP contribution in [0.15, 0.2) is 53.4 Å². The van der Waals surface area contributed by atoms with Crippen LogP contribution >= 0.6 is 11.8 Å². The van der Waals surface area contributed by atoms with E-state index >= 15 is 0 Å². The molecule has 1 N–H and O–H groups in total. The summed E-state index contributed by atoms with van der Waals surface area (Å²) in [6.07, 6.45) is 1.11. The SMILES string of the molecule is O=C(NC1CCN(C(=O)c2ccc(SC(F)(F)F)cc2)CC1)c1ccc(F)cc1. The molecule has 0 bridgehead atoms. The van der Waals surface area contributed by atoms with E-state index in [1.165, 1.54) is 48.5 Å². The molecule has 4 nitrogen and oxygen atoms in total. The van der Waals surface area contributed by atoms with Gasteiger partial charge in [0.05, 0.1) is 0 Å². The van der Waals surface area contributed by atoms with Crippen LogP contribution in [-0.2, 0) is 0 Å². The highest BCUT2D eigenvalue weighted by Crippen LogP contribution is 2.36. The van der Waals surface area contributed by atoms with Gasteiger partial charge < -0.3 is 10.2 Å². The molecular formula is C20H18F4N2O2S. The van der Waals surface area contributed by atoms with Crippen molar-refractivity contribution in [1.82, 2.24) is 10.2 Å². The summed E-state index contributed by atoms with van der Waals surface area (Å²) in [5, 5.41) is 2.87. The van der Waals surface area contributed by atoms with Crippen molar-refractivity contribution in [2.75, 3.05) is 13.1 Å². The first-order valence-electron chi connectivity index (χ1n) is 8.93. The van der Waals surface area contributed by atoms with Gasteiger partial charge in [0.15, 0.2) is 0 Å². The van der Waals surface area contributed by atoms with Crippen LogP contribution in [0.3, 0.4) is 0 Å². The van der Waals surface area contributed by atoms with Crippen LogP contribution in [0, 0.1) is 5.82 Å². The minimum Gasteiger partial charge on any atom is -0.349 e. The number of hydrogen-bond acceptors (Lipinski definition) is 3. The zero-order valence-corrected chi connectivity index (χ0v) is 16.0. The molecule has 2 amide bonds. The first kappa shape index (κ1) is 21.2. The minimum absolute atomic E-state index is 0.0243. The number of hydrogen-bond donors (Lipinski definition) is 1. The van der Waals surface area contributed by atoms with Gasteiger partial charge in [-0.15, -0.1) is 0 Å². The molecule has 0 saturated carbocycles. The van der Waals surface area contributed by atoms with E-state index in [-0.39, 0.29) is 34.5 Å². The van der Waals surface area contributed by atoms with Crippen LogP contribution in [0.25, 0.3) is 0 Å². The zero-order valence-electron chi connectivity index (χ0n) is 15.2. The van der Waals surface area contributed by atoms with Crippen LogP contribution in [0.1, 0.15) is 33.6 Å². The smallest absolute Gasteiger partial charge is 0.349 e. The van der Waals surface area contributed by atoms with E-state index in [1.54, 1.807) is 4.90 Å². The second-order valence-corrected chi connectivity index (χ2v) is 7.76. The monoisotopic (exact) mass is 426 g/mol. The predicted molar refractivity (Wildman–Crippen MR) is 101 cm³/mol. The number of likely N-dealkylation sites (tertiary alicyclic amines) is 1. The predicted octanol–water partition coefficient (Wildman–Crippen LogP) is 4.47. The lowest BCUT2D eigenvalue weighted by Crippen LogP contribution is -2.46. The third kappa shape index (κ3) is 5.96. The molecular weight excluding hydrogens is 408 g/mol. The Kier molecular flexibility index (Phi) is 6.46. The van der Waals surface area contributed by atoms with Gasteiger partial charge in [0.1, 0.15) is 5.82 Å². The molecule has 9 heteroatoms. The van der Waals surface area contributed by atoms with Crippen molar-refractivity contribution in [3.63, 3.8) is 0 Å². The summed E-state index contributed by atoms with van der Waals surface area (Å²) in [4.78, 5) is 26.4. The van der Waals surface area contributed by atoms with Crippen LogP contribution in [0.4, 0.5) is 17.6 Å². The van der Waals surface area contributed by atoms with Gasteiger partial charge in [0.25, 0.3) is 11.8 Å². The summed E-state index contributed by atoms with van der Waals surface area (Å²) in [5.41, 5.74) is -3.68. The maximum Gasteiger partial charge on any atom is 0.446 e. The van der Waals surface area contributed by atoms with E-state index in [1.807, 2.05) is 0 Å². The number of halogens is 4. The third-order valence-electron chi connectivity index (χ3n) is 4.56. The molecule has 0 spiro atoms. The summed E-state index contributed by atoms with van der Waals surface area (Å²) in [6, 6.07) is 10.5. The van der Waals surface area contributed by atoms with E-state index in [9.17, 15) is 27.2 Å². The summed E-state index contributed by atoms with van der Waals surface area (Å²) in [5.74, 6) is -0.970. The third-order valence-corrected chi connectivity index (χ3v) is 5.30. The number of nitrogens with one attached hydrogen (secondary N) is 1. The van der Waals surface area contributed by atoms with Gasteiger partial charge in [0, 0.05) is 35.2 Å². The van der Waals surface area contributed by atoms with Crippen molar-refractivity contribution in [2.24, 2.45) is 0 Å². The average Bonchev–Trinajstić information content (AvgIpc) is 2.68. The number of nitrogens with zero attached hydrogens (tertiary/aromatic N) is 1. The molecule has 0 aliphatic carbocycles. The molecule has 1 aliphatic heterocycles. The first-order chi connectivity index (χ1) is 13.7. The van der Waals surface area contributed by atoms with Gasteiger partial charge in [0.2, 0.25) is 0 Å². The van der Waals surface area contributed by atoms with Crippen molar-refractivity contribution in [1.29, 1.82) is 0 Å².